The van der Waals surface area contributed by atoms with Crippen molar-refractivity contribution in [2.24, 2.45) is 15.8 Å². The molecule has 0 aliphatic carbocycles. The van der Waals surface area contributed by atoms with Gasteiger partial charge >= 0.3 is 46.9 Å². The van der Waals surface area contributed by atoms with Gasteiger partial charge in [0.05, 0.1) is 38.0 Å². The van der Waals surface area contributed by atoms with Gasteiger partial charge in [-0.15, -0.1) is 0 Å². The van der Waals surface area contributed by atoms with Crippen molar-refractivity contribution < 1.29 is 97.2 Å². The Kier molecular flexibility index (Phi) is 13.8. The number of nitrogens with zero attached hydrogens (tertiary/aromatic N) is 5. The highest BCUT2D eigenvalue weighted by Gasteiger charge is 2.50. The van der Waals surface area contributed by atoms with Crippen LogP contribution in [0.25, 0.3) is 10.4 Å². The van der Waals surface area contributed by atoms with E-state index in [1.807, 2.05) is 0 Å². The Morgan fingerprint density at radius 3 is 2.00 bits per heavy atom. The van der Waals surface area contributed by atoms with E-state index in [1.54, 1.807) is 4.90 Å². The van der Waals surface area contributed by atoms with Crippen molar-refractivity contribution >= 4 is 53.3 Å². The van der Waals surface area contributed by atoms with E-state index in [-0.39, 0.29) is 26.1 Å². The highest BCUT2D eigenvalue weighted by atomic mass is 31.3. The topological polar surface area (TPSA) is 432 Å². The fourth-order valence-corrected chi connectivity index (χ4v) is 11.6. The van der Waals surface area contributed by atoms with Crippen LogP contribution in [-0.2, 0) is 62.7 Å². The molecule has 11 N–H and O–H groups in total. The Balaban J connectivity index is 1.51. The number of nitrogens with two attached hydrogens (primary N) is 1. The molecular formula is C13H28N8O21P6. The van der Waals surface area contributed by atoms with E-state index >= 15 is 0 Å². The van der Waals surface area contributed by atoms with Crippen molar-refractivity contribution in [1.29, 1.82) is 0 Å². The summed E-state index contributed by atoms with van der Waals surface area (Å²) in [6, 6.07) is 0. The first-order chi connectivity index (χ1) is 21.9. The molecule has 0 spiro atoms. The van der Waals surface area contributed by atoms with Gasteiger partial charge in [-0.2, -0.15) is 21.6 Å². The molecule has 3 heterocycles. The second-order valence-corrected chi connectivity index (χ2v) is 18.4. The van der Waals surface area contributed by atoms with Crippen LogP contribution < -0.4 is 16.4 Å². The molecule has 0 amide bonds. The van der Waals surface area contributed by atoms with Crippen LogP contribution in [0.1, 0.15) is 12.8 Å². The molecular weight excluding hydrogens is 790 g/mol. The minimum Gasteiger partial charge on any atom is -0.390 e. The number of ether oxygens (including phenoxy) is 1. The lowest BCUT2D eigenvalue weighted by Crippen LogP contribution is -2.43. The summed E-state index contributed by atoms with van der Waals surface area (Å²) in [6.07, 6.45) is -3.09. The fraction of sp³-hybridized carbons (Fsp3) is 0.769. The number of hydrogen-bond donors (Lipinski definition) is 10. The lowest BCUT2D eigenvalue weighted by molar-refractivity contribution is -0.0653. The SMILES string of the molecule is [N-]=[N+]=NCCCOP(=O)(O)OP(=O)(O)OP(=O)(O)OP(=O)(O)OP(=O)(O)OP(=O)(O)OC[C@H]1O[C@@H](N2CNC3=C2N=CNC3N)C[C@H]1O. The van der Waals surface area contributed by atoms with Gasteiger partial charge in [0.2, 0.25) is 0 Å². The number of phosphoric acid groups is 6. The molecule has 29 nitrogen and oxygen atoms in total. The molecule has 0 aromatic heterocycles. The smallest absolute Gasteiger partial charge is 0.390 e. The van der Waals surface area contributed by atoms with E-state index in [0.29, 0.717) is 11.5 Å². The van der Waals surface area contributed by atoms with Crippen LogP contribution in [0.15, 0.2) is 21.6 Å². The third kappa shape index (κ3) is 12.9. The molecule has 48 heavy (non-hydrogen) atoms. The van der Waals surface area contributed by atoms with E-state index < -0.39 is 84.8 Å². The largest absolute Gasteiger partial charge is 0.490 e. The van der Waals surface area contributed by atoms with Crippen LogP contribution in [0.2, 0.25) is 0 Å². The molecule has 35 heteroatoms. The molecule has 0 bridgehead atoms. The van der Waals surface area contributed by atoms with Gasteiger partial charge in [0.25, 0.3) is 0 Å². The summed E-state index contributed by atoms with van der Waals surface area (Å²) < 4.78 is 104. The normalized spacial score (nSPS) is 29.9. The van der Waals surface area contributed by atoms with Crippen LogP contribution in [0, 0.1) is 0 Å². The zero-order valence-electron chi connectivity index (χ0n) is 23.5. The van der Waals surface area contributed by atoms with Crippen molar-refractivity contribution in [3.05, 3.63) is 22.0 Å². The predicted molar refractivity (Wildman–Crippen MR) is 151 cm³/mol. The van der Waals surface area contributed by atoms with E-state index in [2.05, 4.69) is 56.3 Å². The minimum absolute atomic E-state index is 0.0786. The fourth-order valence-electron chi connectivity index (χ4n) is 3.72. The molecule has 3 aliphatic heterocycles. The summed E-state index contributed by atoms with van der Waals surface area (Å²) in [4.78, 5) is 65.5. The molecule has 7 unspecified atom stereocenters. The average molecular weight is 818 g/mol. The molecule has 3 rings (SSSR count). The van der Waals surface area contributed by atoms with E-state index in [9.17, 15) is 61.9 Å². The monoisotopic (exact) mass is 818 g/mol. The van der Waals surface area contributed by atoms with E-state index in [1.165, 1.54) is 6.34 Å². The van der Waals surface area contributed by atoms with Crippen LogP contribution in [0.3, 0.4) is 0 Å². The summed E-state index contributed by atoms with van der Waals surface area (Å²) in [6.45, 7) is -1.78. The third-order valence-electron chi connectivity index (χ3n) is 5.41. The van der Waals surface area contributed by atoms with Crippen molar-refractivity contribution in [2.75, 3.05) is 26.4 Å². The molecule has 276 valence electrons. The summed E-state index contributed by atoms with van der Waals surface area (Å²) in [5.41, 5.74) is 14.5. The van der Waals surface area contributed by atoms with Crippen molar-refractivity contribution in [1.82, 2.24) is 15.5 Å². The van der Waals surface area contributed by atoms with E-state index in [0.717, 1.165) is 0 Å². The number of aliphatic hydroxyl groups excluding tert-OH is 1. The maximum absolute atomic E-state index is 12.3. The first-order valence-electron chi connectivity index (χ1n) is 12.4. The first-order valence-corrected chi connectivity index (χ1v) is 21.4. The molecule has 0 saturated carbocycles. The summed E-state index contributed by atoms with van der Waals surface area (Å²) in [5.74, 6) is 0.384. The second kappa shape index (κ2) is 16.0. The number of nitrogens with one attached hydrogen (secondary N) is 2. The number of aliphatic hydroxyl groups is 1. The van der Waals surface area contributed by atoms with Gasteiger partial charge in [-0.1, -0.05) is 5.11 Å². The van der Waals surface area contributed by atoms with Gasteiger partial charge < -0.3 is 60.5 Å². The third-order valence-corrected chi connectivity index (χ3v) is 14.6. The van der Waals surface area contributed by atoms with Crippen molar-refractivity contribution in [3.8, 4) is 0 Å². The van der Waals surface area contributed by atoms with Crippen molar-refractivity contribution in [2.45, 2.75) is 37.4 Å². The molecule has 0 aromatic rings. The van der Waals surface area contributed by atoms with Crippen LogP contribution >= 0.6 is 46.9 Å². The number of azide groups is 1. The number of hydrogen-bond acceptors (Lipinski definition) is 21. The quantitative estimate of drug-likeness (QED) is 0.0266. The lowest BCUT2D eigenvalue weighted by atomic mass is 10.2. The first kappa shape index (κ1) is 41.3. The zero-order chi connectivity index (χ0) is 36.2. The van der Waals surface area contributed by atoms with Gasteiger partial charge in [-0.3, -0.25) is 9.05 Å². The summed E-state index contributed by atoms with van der Waals surface area (Å²) in [7, 11) is -36.6. The predicted octanol–water partition coefficient (Wildman–Crippen LogP) is -0.171. The molecule has 0 aromatic carbocycles. The average Bonchev–Trinajstić information content (AvgIpc) is 3.47. The van der Waals surface area contributed by atoms with Gasteiger partial charge in [-0.05, 0) is 12.0 Å². The highest BCUT2D eigenvalue weighted by molar-refractivity contribution is 7.72. The van der Waals surface area contributed by atoms with Gasteiger partial charge in [-0.25, -0.2) is 32.4 Å². The molecule has 3 aliphatic rings. The Labute approximate surface area is 267 Å². The zero-order valence-corrected chi connectivity index (χ0v) is 28.8. The van der Waals surface area contributed by atoms with Gasteiger partial charge in [0.1, 0.15) is 18.5 Å². The molecule has 10 atom stereocenters. The number of rotatable bonds is 19. The summed E-state index contributed by atoms with van der Waals surface area (Å²) >= 11 is 0. The van der Waals surface area contributed by atoms with Crippen molar-refractivity contribution in [3.63, 3.8) is 0 Å². The molecule has 1 fully saturated rings. The molecule has 1 saturated heterocycles. The number of aliphatic imine (C=N–C) groups is 1. The Hall–Kier alpha value is -1.14. The highest BCUT2D eigenvalue weighted by Crippen LogP contribution is 2.75. The molecule has 0 radical (unpaired) electrons. The summed E-state index contributed by atoms with van der Waals surface area (Å²) in [5, 5.41) is 19.1. The van der Waals surface area contributed by atoms with E-state index in [4.69, 9.17) is 16.0 Å². The Morgan fingerprint density at radius 1 is 0.938 bits per heavy atom. The maximum atomic E-state index is 12.3. The Bertz CT molecular complexity index is 1600. The van der Waals surface area contributed by atoms with Crippen LogP contribution in [0.4, 0.5) is 0 Å². The number of phosphoric ester groups is 2. The Morgan fingerprint density at radius 2 is 1.46 bits per heavy atom. The minimum atomic E-state index is -6.43. The standard InChI is InChI=1S/C13H28N8O21P6/c14-12-11-13(17-6-16-12)21(7-18-11)10-4-8(22)9(37-10)5-36-44(25,26)39-46(29,30)41-48(33,34)42-47(31,32)40-45(27,28)38-43(23,24)35-3-1-2-19-20-15/h6,8-10,12,18,22H,1-5,7,14H2,(H,16,17)(H,23,24)(H,25,26)(H,27,28)(H,29,30)(H,31,32)(H,33,34)/t8-,9-,10-,12?/m1/s1. The van der Waals surface area contributed by atoms with Gasteiger partial charge in [0.15, 0.2) is 5.82 Å². The lowest BCUT2D eigenvalue weighted by Gasteiger charge is -2.27. The van der Waals surface area contributed by atoms with Crippen LogP contribution in [-0.4, -0.2) is 96.7 Å². The van der Waals surface area contributed by atoms with Gasteiger partial charge in [0, 0.05) is 17.9 Å². The maximum Gasteiger partial charge on any atom is 0.490 e. The second-order valence-electron chi connectivity index (χ2n) is 9.03. The van der Waals surface area contributed by atoms with Crippen LogP contribution in [0.5, 0.6) is 0 Å².